The number of para-hydroxylation sites is 2. The minimum Gasteiger partial charge on any atom is -0.392 e. The van der Waals surface area contributed by atoms with Crippen molar-refractivity contribution in [2.75, 3.05) is 25.0 Å². The van der Waals surface area contributed by atoms with Crippen LogP contribution in [0.1, 0.15) is 6.92 Å². The van der Waals surface area contributed by atoms with Gasteiger partial charge in [-0.2, -0.15) is 0 Å². The molecule has 2 aromatic rings. The van der Waals surface area contributed by atoms with Gasteiger partial charge in [0, 0.05) is 19.6 Å². The highest BCUT2D eigenvalue weighted by molar-refractivity contribution is 5.77. The van der Waals surface area contributed by atoms with Crippen molar-refractivity contribution in [3.05, 3.63) is 24.3 Å². The Morgan fingerprint density at radius 1 is 1.35 bits per heavy atom. The van der Waals surface area contributed by atoms with Gasteiger partial charge in [-0.05, 0) is 19.1 Å². The summed E-state index contributed by atoms with van der Waals surface area (Å²) < 4.78 is 0. The lowest BCUT2D eigenvalue weighted by Crippen LogP contribution is -2.29. The number of aromatic amines is 1. The molecule has 1 heterocycles. The minimum absolute atomic E-state index is 0.304. The van der Waals surface area contributed by atoms with Gasteiger partial charge in [0.2, 0.25) is 5.95 Å². The topological polar surface area (TPSA) is 73.0 Å². The fourth-order valence-corrected chi connectivity index (χ4v) is 1.62. The van der Waals surface area contributed by atoms with E-state index in [4.69, 9.17) is 5.11 Å². The van der Waals surface area contributed by atoms with Gasteiger partial charge in [0.25, 0.3) is 0 Å². The summed E-state index contributed by atoms with van der Waals surface area (Å²) in [5, 5.41) is 15.4. The minimum atomic E-state index is -0.304. The summed E-state index contributed by atoms with van der Waals surface area (Å²) in [4.78, 5) is 7.60. The van der Waals surface area contributed by atoms with Gasteiger partial charge in [-0.15, -0.1) is 0 Å². The second kappa shape index (κ2) is 5.65. The summed E-state index contributed by atoms with van der Waals surface area (Å²) in [6.45, 7) is 3.94. The summed E-state index contributed by atoms with van der Waals surface area (Å²) in [5.74, 6) is 0.782. The Hall–Kier alpha value is -1.59. The Bertz CT molecular complexity index is 433. The van der Waals surface area contributed by atoms with Crippen LogP contribution >= 0.6 is 0 Å². The third-order valence-corrected chi connectivity index (χ3v) is 2.42. The van der Waals surface area contributed by atoms with Crippen LogP contribution in [0.25, 0.3) is 11.0 Å². The van der Waals surface area contributed by atoms with E-state index in [1.54, 1.807) is 6.92 Å². The summed E-state index contributed by atoms with van der Waals surface area (Å²) in [6, 6.07) is 7.92. The quantitative estimate of drug-likeness (QED) is 0.561. The van der Waals surface area contributed by atoms with Crippen molar-refractivity contribution in [1.29, 1.82) is 0 Å². The Labute approximate surface area is 100 Å². The van der Waals surface area contributed by atoms with Crippen LogP contribution in [0.2, 0.25) is 0 Å². The van der Waals surface area contributed by atoms with Gasteiger partial charge in [-0.25, -0.2) is 4.98 Å². The summed E-state index contributed by atoms with van der Waals surface area (Å²) in [6.07, 6.45) is -0.304. The van der Waals surface area contributed by atoms with E-state index in [0.717, 1.165) is 30.1 Å². The number of nitrogens with one attached hydrogen (secondary N) is 3. The van der Waals surface area contributed by atoms with E-state index in [-0.39, 0.29) is 6.10 Å². The largest absolute Gasteiger partial charge is 0.392 e. The molecule has 0 fully saturated rings. The Morgan fingerprint density at radius 2 is 2.18 bits per heavy atom. The predicted octanol–water partition coefficient (Wildman–Crippen LogP) is 0.945. The molecule has 0 amide bonds. The van der Waals surface area contributed by atoms with Crippen LogP contribution in [0.15, 0.2) is 24.3 Å². The molecule has 1 aromatic heterocycles. The summed E-state index contributed by atoms with van der Waals surface area (Å²) in [7, 11) is 0. The number of hydrogen-bond acceptors (Lipinski definition) is 4. The Balaban J connectivity index is 1.79. The maximum Gasteiger partial charge on any atom is 0.201 e. The van der Waals surface area contributed by atoms with Gasteiger partial charge in [0.15, 0.2) is 0 Å². The monoisotopic (exact) mass is 234 g/mol. The Morgan fingerprint density at radius 3 is 2.94 bits per heavy atom. The first-order valence-corrected chi connectivity index (χ1v) is 5.83. The van der Waals surface area contributed by atoms with Gasteiger partial charge in [0.1, 0.15) is 0 Å². The van der Waals surface area contributed by atoms with Gasteiger partial charge in [-0.1, -0.05) is 12.1 Å². The van der Waals surface area contributed by atoms with E-state index >= 15 is 0 Å². The van der Waals surface area contributed by atoms with Gasteiger partial charge < -0.3 is 20.7 Å². The number of aliphatic hydroxyl groups excluding tert-OH is 1. The van der Waals surface area contributed by atoms with Crippen molar-refractivity contribution in [3.63, 3.8) is 0 Å². The highest BCUT2D eigenvalue weighted by atomic mass is 16.3. The third kappa shape index (κ3) is 3.44. The van der Waals surface area contributed by atoms with Crippen molar-refractivity contribution in [1.82, 2.24) is 15.3 Å². The van der Waals surface area contributed by atoms with E-state index in [2.05, 4.69) is 20.6 Å². The van der Waals surface area contributed by atoms with Crippen molar-refractivity contribution >= 4 is 17.0 Å². The molecule has 92 valence electrons. The van der Waals surface area contributed by atoms with Gasteiger partial charge >= 0.3 is 0 Å². The second-order valence-electron chi connectivity index (χ2n) is 4.08. The molecule has 0 saturated heterocycles. The zero-order valence-corrected chi connectivity index (χ0v) is 9.90. The number of hydrogen-bond donors (Lipinski definition) is 4. The van der Waals surface area contributed by atoms with Crippen LogP contribution in [0.4, 0.5) is 5.95 Å². The molecule has 1 atom stereocenters. The SMILES string of the molecule is CC(O)CNCCNc1nc2ccccc2[nH]1. The van der Waals surface area contributed by atoms with Crippen LogP contribution < -0.4 is 10.6 Å². The van der Waals surface area contributed by atoms with Crippen LogP contribution in [0.3, 0.4) is 0 Å². The molecule has 2 rings (SSSR count). The molecule has 1 unspecified atom stereocenters. The number of H-pyrrole nitrogens is 1. The van der Waals surface area contributed by atoms with Crippen molar-refractivity contribution in [2.45, 2.75) is 13.0 Å². The van der Waals surface area contributed by atoms with E-state index in [1.165, 1.54) is 0 Å². The zero-order chi connectivity index (χ0) is 12.1. The second-order valence-corrected chi connectivity index (χ2v) is 4.08. The number of rotatable bonds is 6. The lowest BCUT2D eigenvalue weighted by molar-refractivity contribution is 0.192. The number of anilines is 1. The van der Waals surface area contributed by atoms with Gasteiger partial charge in [-0.3, -0.25) is 0 Å². The van der Waals surface area contributed by atoms with Crippen LogP contribution in [-0.2, 0) is 0 Å². The highest BCUT2D eigenvalue weighted by Gasteiger charge is 2.00. The molecule has 5 nitrogen and oxygen atoms in total. The zero-order valence-electron chi connectivity index (χ0n) is 9.90. The Kier molecular flexibility index (Phi) is 3.95. The molecule has 0 saturated carbocycles. The summed E-state index contributed by atoms with van der Waals surface area (Å²) in [5.41, 5.74) is 2.00. The fraction of sp³-hybridized carbons (Fsp3) is 0.417. The van der Waals surface area contributed by atoms with Crippen LogP contribution in [0, 0.1) is 0 Å². The first-order valence-electron chi connectivity index (χ1n) is 5.83. The molecule has 0 aliphatic carbocycles. The fourth-order valence-electron chi connectivity index (χ4n) is 1.62. The molecule has 0 radical (unpaired) electrons. The average Bonchev–Trinajstić information content (AvgIpc) is 2.70. The van der Waals surface area contributed by atoms with E-state index in [1.807, 2.05) is 24.3 Å². The van der Waals surface area contributed by atoms with E-state index in [0.29, 0.717) is 6.54 Å². The molecule has 0 spiro atoms. The summed E-state index contributed by atoms with van der Waals surface area (Å²) >= 11 is 0. The standard InChI is InChI=1S/C12H18N4O/c1-9(17)8-13-6-7-14-12-15-10-4-2-3-5-11(10)16-12/h2-5,9,13,17H,6-8H2,1H3,(H2,14,15,16). The van der Waals surface area contributed by atoms with E-state index in [9.17, 15) is 0 Å². The van der Waals surface area contributed by atoms with Crippen molar-refractivity contribution in [2.24, 2.45) is 0 Å². The predicted molar refractivity (Wildman–Crippen MR) is 69.1 cm³/mol. The smallest absolute Gasteiger partial charge is 0.201 e. The molecule has 5 heteroatoms. The third-order valence-electron chi connectivity index (χ3n) is 2.42. The number of benzene rings is 1. The first-order chi connectivity index (χ1) is 8.25. The lowest BCUT2D eigenvalue weighted by Gasteiger charge is -2.06. The highest BCUT2D eigenvalue weighted by Crippen LogP contribution is 2.12. The molecule has 17 heavy (non-hydrogen) atoms. The van der Waals surface area contributed by atoms with Crippen LogP contribution in [-0.4, -0.2) is 40.8 Å². The number of aromatic nitrogens is 2. The molecule has 0 aliphatic heterocycles. The van der Waals surface area contributed by atoms with Crippen LogP contribution in [0.5, 0.6) is 0 Å². The first kappa shape index (κ1) is 11.9. The molecular formula is C12H18N4O. The number of aliphatic hydroxyl groups is 1. The van der Waals surface area contributed by atoms with Gasteiger partial charge in [0.05, 0.1) is 17.1 Å². The number of fused-ring (bicyclic) bond motifs is 1. The van der Waals surface area contributed by atoms with Crippen molar-refractivity contribution < 1.29 is 5.11 Å². The molecule has 0 aliphatic rings. The molecular weight excluding hydrogens is 216 g/mol. The van der Waals surface area contributed by atoms with Crippen molar-refractivity contribution in [3.8, 4) is 0 Å². The molecule has 1 aromatic carbocycles. The van der Waals surface area contributed by atoms with E-state index < -0.39 is 0 Å². The maximum absolute atomic E-state index is 9.06. The number of nitrogens with zero attached hydrogens (tertiary/aromatic N) is 1. The lowest BCUT2D eigenvalue weighted by atomic mass is 10.3. The molecule has 0 bridgehead atoms. The average molecular weight is 234 g/mol. The maximum atomic E-state index is 9.06. The normalized spacial score (nSPS) is 12.8. The number of imidazole rings is 1. The molecule has 4 N–H and O–H groups in total.